The SMILES string of the molecule is N#Cc1ccccc1-c1cnn(C2CCCCO2)c1. The maximum Gasteiger partial charge on any atom is 0.150 e. The number of nitrogens with zero attached hydrogens (tertiary/aromatic N) is 3. The molecule has 3 rings (SSSR count). The Morgan fingerprint density at radius 1 is 1.32 bits per heavy atom. The van der Waals surface area contributed by atoms with Crippen molar-refractivity contribution in [1.29, 1.82) is 5.26 Å². The number of aromatic nitrogens is 2. The van der Waals surface area contributed by atoms with E-state index in [-0.39, 0.29) is 6.23 Å². The fourth-order valence-corrected chi connectivity index (χ4v) is 2.40. The predicted octanol–water partition coefficient (Wildman–Crippen LogP) is 3.12. The molecule has 0 bridgehead atoms. The summed E-state index contributed by atoms with van der Waals surface area (Å²) in [6.07, 6.45) is 7.11. The normalized spacial score (nSPS) is 19.0. The highest BCUT2D eigenvalue weighted by molar-refractivity contribution is 5.69. The van der Waals surface area contributed by atoms with Gasteiger partial charge in [0.2, 0.25) is 0 Å². The molecule has 1 unspecified atom stereocenters. The highest BCUT2D eigenvalue weighted by atomic mass is 16.5. The first-order valence-corrected chi connectivity index (χ1v) is 6.54. The molecule has 96 valence electrons. The van der Waals surface area contributed by atoms with Crippen LogP contribution >= 0.6 is 0 Å². The molecular formula is C15H15N3O. The van der Waals surface area contributed by atoms with Crippen molar-refractivity contribution in [2.45, 2.75) is 25.5 Å². The van der Waals surface area contributed by atoms with Crippen LogP contribution in [0.15, 0.2) is 36.7 Å². The van der Waals surface area contributed by atoms with Crippen molar-refractivity contribution in [3.63, 3.8) is 0 Å². The van der Waals surface area contributed by atoms with Crippen molar-refractivity contribution in [2.75, 3.05) is 6.61 Å². The lowest BCUT2D eigenvalue weighted by atomic mass is 10.0. The quantitative estimate of drug-likeness (QED) is 0.826. The zero-order valence-corrected chi connectivity index (χ0v) is 10.6. The molecule has 0 saturated carbocycles. The van der Waals surface area contributed by atoms with E-state index in [4.69, 9.17) is 10.00 Å². The number of ether oxygens (including phenoxy) is 1. The molecule has 4 nitrogen and oxygen atoms in total. The van der Waals surface area contributed by atoms with E-state index in [0.29, 0.717) is 5.56 Å². The minimum atomic E-state index is 0.0387. The summed E-state index contributed by atoms with van der Waals surface area (Å²) >= 11 is 0. The summed E-state index contributed by atoms with van der Waals surface area (Å²) < 4.78 is 7.57. The Bertz CT molecular complexity index is 606. The maximum absolute atomic E-state index is 9.13. The van der Waals surface area contributed by atoms with Crippen LogP contribution < -0.4 is 0 Å². The van der Waals surface area contributed by atoms with E-state index in [1.165, 1.54) is 6.42 Å². The van der Waals surface area contributed by atoms with Crippen molar-refractivity contribution in [2.24, 2.45) is 0 Å². The molecule has 19 heavy (non-hydrogen) atoms. The molecule has 0 spiro atoms. The minimum Gasteiger partial charge on any atom is -0.357 e. The first-order chi connectivity index (χ1) is 9.38. The molecule has 0 amide bonds. The molecule has 1 aromatic carbocycles. The number of hydrogen-bond donors (Lipinski definition) is 0. The van der Waals surface area contributed by atoms with Gasteiger partial charge in [0.25, 0.3) is 0 Å². The number of benzene rings is 1. The standard InChI is InChI=1S/C15H15N3O/c16-9-12-5-1-2-6-14(12)13-10-17-18(11-13)15-7-3-4-8-19-15/h1-2,5-6,10-11,15H,3-4,7-8H2. The lowest BCUT2D eigenvalue weighted by molar-refractivity contribution is -0.0394. The van der Waals surface area contributed by atoms with Gasteiger partial charge in [-0.2, -0.15) is 10.4 Å². The van der Waals surface area contributed by atoms with E-state index in [1.807, 2.05) is 35.1 Å². The number of rotatable bonds is 2. The zero-order valence-electron chi connectivity index (χ0n) is 10.6. The van der Waals surface area contributed by atoms with E-state index < -0.39 is 0 Å². The third-order valence-corrected chi connectivity index (χ3v) is 3.41. The van der Waals surface area contributed by atoms with E-state index in [1.54, 1.807) is 6.20 Å². The van der Waals surface area contributed by atoms with Crippen molar-refractivity contribution in [1.82, 2.24) is 9.78 Å². The number of hydrogen-bond acceptors (Lipinski definition) is 3. The summed E-state index contributed by atoms with van der Waals surface area (Å²) in [6, 6.07) is 9.79. The highest BCUT2D eigenvalue weighted by Crippen LogP contribution is 2.26. The lowest BCUT2D eigenvalue weighted by Crippen LogP contribution is -2.18. The third kappa shape index (κ3) is 2.38. The Kier molecular flexibility index (Phi) is 3.30. The smallest absolute Gasteiger partial charge is 0.150 e. The second-order valence-electron chi connectivity index (χ2n) is 4.69. The monoisotopic (exact) mass is 253 g/mol. The van der Waals surface area contributed by atoms with Crippen LogP contribution in [0.4, 0.5) is 0 Å². The molecule has 4 heteroatoms. The van der Waals surface area contributed by atoms with Gasteiger partial charge in [-0.15, -0.1) is 0 Å². The molecule has 1 atom stereocenters. The van der Waals surface area contributed by atoms with Gasteiger partial charge in [-0.3, -0.25) is 0 Å². The average molecular weight is 253 g/mol. The van der Waals surface area contributed by atoms with Gasteiger partial charge in [-0.25, -0.2) is 4.68 Å². The summed E-state index contributed by atoms with van der Waals surface area (Å²) in [5, 5.41) is 13.5. The van der Waals surface area contributed by atoms with Gasteiger partial charge in [0.15, 0.2) is 0 Å². The second kappa shape index (κ2) is 5.25. The first kappa shape index (κ1) is 11.9. The molecule has 0 aliphatic carbocycles. The molecule has 1 saturated heterocycles. The Labute approximate surface area is 112 Å². The van der Waals surface area contributed by atoms with Crippen LogP contribution in [0.25, 0.3) is 11.1 Å². The van der Waals surface area contributed by atoms with Crippen LogP contribution in [0.3, 0.4) is 0 Å². The summed E-state index contributed by atoms with van der Waals surface area (Å²) in [5.41, 5.74) is 2.56. The molecular weight excluding hydrogens is 238 g/mol. The van der Waals surface area contributed by atoms with Crippen LogP contribution in [-0.4, -0.2) is 16.4 Å². The van der Waals surface area contributed by atoms with Gasteiger partial charge in [-0.1, -0.05) is 18.2 Å². The topological polar surface area (TPSA) is 50.8 Å². The van der Waals surface area contributed by atoms with Crippen LogP contribution in [0.1, 0.15) is 31.1 Å². The fraction of sp³-hybridized carbons (Fsp3) is 0.333. The van der Waals surface area contributed by atoms with Crippen LogP contribution in [0.2, 0.25) is 0 Å². The molecule has 2 heterocycles. The van der Waals surface area contributed by atoms with Crippen LogP contribution in [0.5, 0.6) is 0 Å². The van der Waals surface area contributed by atoms with Gasteiger partial charge in [0.1, 0.15) is 6.23 Å². The van der Waals surface area contributed by atoms with Crippen molar-refractivity contribution in [3.8, 4) is 17.2 Å². The van der Waals surface area contributed by atoms with Crippen molar-refractivity contribution >= 4 is 0 Å². The Morgan fingerprint density at radius 2 is 2.21 bits per heavy atom. The van der Waals surface area contributed by atoms with Gasteiger partial charge < -0.3 is 4.74 Å². The molecule has 2 aromatic rings. The van der Waals surface area contributed by atoms with Crippen LogP contribution in [-0.2, 0) is 4.74 Å². The largest absolute Gasteiger partial charge is 0.357 e. The Balaban J connectivity index is 1.90. The molecule has 0 radical (unpaired) electrons. The molecule has 1 aliphatic rings. The third-order valence-electron chi connectivity index (χ3n) is 3.41. The van der Waals surface area contributed by atoms with Crippen molar-refractivity contribution < 1.29 is 4.74 Å². The second-order valence-corrected chi connectivity index (χ2v) is 4.69. The highest BCUT2D eigenvalue weighted by Gasteiger charge is 2.17. The van der Waals surface area contributed by atoms with E-state index in [9.17, 15) is 0 Å². The van der Waals surface area contributed by atoms with Crippen LogP contribution in [0, 0.1) is 11.3 Å². The summed E-state index contributed by atoms with van der Waals surface area (Å²) in [5.74, 6) is 0. The minimum absolute atomic E-state index is 0.0387. The molecule has 1 aromatic heterocycles. The van der Waals surface area contributed by atoms with Gasteiger partial charge in [0.05, 0.1) is 17.8 Å². The molecule has 1 fully saturated rings. The number of nitriles is 1. The van der Waals surface area contributed by atoms with Gasteiger partial charge >= 0.3 is 0 Å². The maximum atomic E-state index is 9.13. The van der Waals surface area contributed by atoms with Crippen molar-refractivity contribution in [3.05, 3.63) is 42.2 Å². The average Bonchev–Trinajstić information content (AvgIpc) is 2.98. The Morgan fingerprint density at radius 3 is 3.00 bits per heavy atom. The zero-order chi connectivity index (χ0) is 13.1. The Hall–Kier alpha value is -2.12. The summed E-state index contributed by atoms with van der Waals surface area (Å²) in [4.78, 5) is 0. The molecule has 1 aliphatic heterocycles. The summed E-state index contributed by atoms with van der Waals surface area (Å²) in [7, 11) is 0. The first-order valence-electron chi connectivity index (χ1n) is 6.54. The lowest BCUT2D eigenvalue weighted by Gasteiger charge is -2.22. The van der Waals surface area contributed by atoms with Gasteiger partial charge in [0, 0.05) is 23.9 Å². The van der Waals surface area contributed by atoms with Gasteiger partial charge in [-0.05, 0) is 25.3 Å². The van der Waals surface area contributed by atoms with E-state index in [2.05, 4.69) is 11.2 Å². The van der Waals surface area contributed by atoms with E-state index >= 15 is 0 Å². The fourth-order valence-electron chi connectivity index (χ4n) is 2.40. The predicted molar refractivity (Wildman–Crippen MR) is 71.2 cm³/mol. The van der Waals surface area contributed by atoms with E-state index in [0.717, 1.165) is 30.6 Å². The molecule has 0 N–H and O–H groups in total. The summed E-state index contributed by atoms with van der Waals surface area (Å²) in [6.45, 7) is 0.800.